The first-order valence-electron chi connectivity index (χ1n) is 6.63. The lowest BCUT2D eigenvalue weighted by molar-refractivity contribution is -0.117. The molecule has 1 amide bonds. The van der Waals surface area contributed by atoms with E-state index in [0.717, 1.165) is 5.56 Å². The molecule has 5 nitrogen and oxygen atoms in total. The van der Waals surface area contributed by atoms with Crippen LogP contribution in [0, 0.1) is 0 Å². The molecule has 0 unspecified atom stereocenters. The number of anilines is 1. The lowest BCUT2D eigenvalue weighted by Crippen LogP contribution is -2.37. The van der Waals surface area contributed by atoms with Gasteiger partial charge in [0.1, 0.15) is 5.75 Å². The van der Waals surface area contributed by atoms with E-state index in [4.69, 9.17) is 5.73 Å². The Bertz CT molecular complexity index is 611. The smallest absolute Gasteiger partial charge is 0.241 e. The summed E-state index contributed by atoms with van der Waals surface area (Å²) < 4.78 is 0. The first-order valence-corrected chi connectivity index (χ1v) is 6.63. The average molecular weight is 286 g/mol. The standard InChI is InChI=1S/C16H18N2O3/c17-14(9-11-5-7-13(20)8-6-11)16(21)18-15-4-2-1-3-12(15)10-19/h1-8,14,19-20H,9-10,17H2,(H,18,21)/t14-/m1/s1. The van der Waals surface area contributed by atoms with Crippen molar-refractivity contribution >= 4 is 11.6 Å². The molecule has 0 saturated heterocycles. The number of hydrogen-bond acceptors (Lipinski definition) is 4. The van der Waals surface area contributed by atoms with Gasteiger partial charge in [0.05, 0.1) is 12.6 Å². The van der Waals surface area contributed by atoms with Crippen molar-refractivity contribution < 1.29 is 15.0 Å². The van der Waals surface area contributed by atoms with Crippen molar-refractivity contribution in [1.82, 2.24) is 0 Å². The van der Waals surface area contributed by atoms with Gasteiger partial charge in [-0.25, -0.2) is 0 Å². The van der Waals surface area contributed by atoms with Crippen molar-refractivity contribution in [3.8, 4) is 5.75 Å². The fourth-order valence-electron chi connectivity index (χ4n) is 1.98. The van der Waals surface area contributed by atoms with Gasteiger partial charge in [-0.05, 0) is 30.2 Å². The molecule has 0 heterocycles. The molecule has 0 radical (unpaired) electrons. The fourth-order valence-corrected chi connectivity index (χ4v) is 1.98. The molecule has 0 spiro atoms. The lowest BCUT2D eigenvalue weighted by Gasteiger charge is -2.14. The molecule has 2 aromatic rings. The van der Waals surface area contributed by atoms with Crippen molar-refractivity contribution in [1.29, 1.82) is 0 Å². The van der Waals surface area contributed by atoms with E-state index in [1.165, 1.54) is 0 Å². The molecular formula is C16H18N2O3. The van der Waals surface area contributed by atoms with Gasteiger partial charge in [-0.15, -0.1) is 0 Å². The number of carbonyl (C=O) groups is 1. The fraction of sp³-hybridized carbons (Fsp3) is 0.188. The number of nitrogens with two attached hydrogens (primary N) is 1. The van der Waals surface area contributed by atoms with Crippen LogP contribution in [0.4, 0.5) is 5.69 Å². The van der Waals surface area contributed by atoms with Crippen molar-refractivity contribution in [2.24, 2.45) is 5.73 Å². The highest BCUT2D eigenvalue weighted by Gasteiger charge is 2.15. The Hall–Kier alpha value is -2.37. The average Bonchev–Trinajstić information content (AvgIpc) is 2.50. The van der Waals surface area contributed by atoms with Crippen LogP contribution in [0.15, 0.2) is 48.5 Å². The van der Waals surface area contributed by atoms with Gasteiger partial charge < -0.3 is 21.3 Å². The predicted octanol–water partition coefficient (Wildman–Crippen LogP) is 1.39. The van der Waals surface area contributed by atoms with Crippen LogP contribution in [-0.2, 0) is 17.8 Å². The zero-order valence-electron chi connectivity index (χ0n) is 11.5. The summed E-state index contributed by atoms with van der Waals surface area (Å²) >= 11 is 0. The number of rotatable bonds is 5. The number of amides is 1. The number of aliphatic hydroxyl groups excluding tert-OH is 1. The third-order valence-electron chi connectivity index (χ3n) is 3.17. The monoisotopic (exact) mass is 286 g/mol. The highest BCUT2D eigenvalue weighted by Crippen LogP contribution is 2.16. The Morgan fingerprint density at radius 3 is 2.48 bits per heavy atom. The molecule has 110 valence electrons. The maximum Gasteiger partial charge on any atom is 0.241 e. The summed E-state index contributed by atoms with van der Waals surface area (Å²) in [5.74, 6) is -0.141. The molecular weight excluding hydrogens is 268 g/mol. The first kappa shape index (κ1) is 15.0. The molecule has 2 rings (SSSR count). The maximum atomic E-state index is 12.1. The van der Waals surface area contributed by atoms with Crippen LogP contribution >= 0.6 is 0 Å². The van der Waals surface area contributed by atoms with Gasteiger partial charge in [-0.1, -0.05) is 30.3 Å². The number of carbonyl (C=O) groups excluding carboxylic acids is 1. The van der Waals surface area contributed by atoms with Crippen molar-refractivity contribution in [3.05, 3.63) is 59.7 Å². The SMILES string of the molecule is N[C@H](Cc1ccc(O)cc1)C(=O)Nc1ccccc1CO. The van der Waals surface area contributed by atoms with E-state index in [-0.39, 0.29) is 18.3 Å². The lowest BCUT2D eigenvalue weighted by atomic mass is 10.1. The second-order valence-corrected chi connectivity index (χ2v) is 4.78. The highest BCUT2D eigenvalue weighted by molar-refractivity contribution is 5.95. The van der Waals surface area contributed by atoms with Crippen LogP contribution in [0.1, 0.15) is 11.1 Å². The molecule has 2 aromatic carbocycles. The molecule has 0 saturated carbocycles. The molecule has 0 fully saturated rings. The number of phenols is 1. The quantitative estimate of drug-likeness (QED) is 0.668. The second kappa shape index (κ2) is 6.88. The van der Waals surface area contributed by atoms with Gasteiger partial charge in [-0.3, -0.25) is 4.79 Å². The van der Waals surface area contributed by atoms with Crippen LogP contribution < -0.4 is 11.1 Å². The number of hydrogen-bond donors (Lipinski definition) is 4. The van der Waals surface area contributed by atoms with Gasteiger partial charge >= 0.3 is 0 Å². The third-order valence-corrected chi connectivity index (χ3v) is 3.17. The number of benzene rings is 2. The van der Waals surface area contributed by atoms with E-state index in [1.54, 1.807) is 48.5 Å². The van der Waals surface area contributed by atoms with Gasteiger partial charge in [-0.2, -0.15) is 0 Å². The van der Waals surface area contributed by atoms with E-state index in [0.29, 0.717) is 17.7 Å². The summed E-state index contributed by atoms with van der Waals surface area (Å²) in [7, 11) is 0. The van der Waals surface area contributed by atoms with E-state index < -0.39 is 6.04 Å². The Balaban J connectivity index is 2.01. The summed E-state index contributed by atoms with van der Waals surface area (Å²) in [5, 5.41) is 21.2. The van der Waals surface area contributed by atoms with Crippen LogP contribution in [-0.4, -0.2) is 22.2 Å². The van der Waals surface area contributed by atoms with Crippen LogP contribution in [0.5, 0.6) is 5.75 Å². The summed E-state index contributed by atoms with van der Waals surface area (Å²) in [6.45, 7) is -0.149. The topological polar surface area (TPSA) is 95.6 Å². The van der Waals surface area contributed by atoms with Gasteiger partial charge in [0.25, 0.3) is 0 Å². The first-order chi connectivity index (χ1) is 10.1. The highest BCUT2D eigenvalue weighted by atomic mass is 16.3. The largest absolute Gasteiger partial charge is 0.508 e. The Kier molecular flexibility index (Phi) is 4.92. The molecule has 0 aromatic heterocycles. The Morgan fingerprint density at radius 2 is 1.81 bits per heavy atom. The minimum Gasteiger partial charge on any atom is -0.508 e. The predicted molar refractivity (Wildman–Crippen MR) is 80.8 cm³/mol. The second-order valence-electron chi connectivity index (χ2n) is 4.78. The van der Waals surface area contributed by atoms with E-state index in [9.17, 15) is 15.0 Å². The van der Waals surface area contributed by atoms with E-state index in [2.05, 4.69) is 5.32 Å². The molecule has 5 heteroatoms. The number of para-hydroxylation sites is 1. The molecule has 1 atom stereocenters. The van der Waals surface area contributed by atoms with Crippen molar-refractivity contribution in [3.63, 3.8) is 0 Å². The van der Waals surface area contributed by atoms with Crippen LogP contribution in [0.25, 0.3) is 0 Å². The number of aliphatic hydroxyl groups is 1. The summed E-state index contributed by atoms with van der Waals surface area (Å²) in [4.78, 5) is 12.1. The molecule has 5 N–H and O–H groups in total. The van der Waals surface area contributed by atoms with E-state index >= 15 is 0 Å². The molecule has 0 bridgehead atoms. The summed E-state index contributed by atoms with van der Waals surface area (Å²) in [6, 6.07) is 12.9. The third kappa shape index (κ3) is 4.05. The minimum absolute atomic E-state index is 0.149. The molecule has 0 aliphatic rings. The summed E-state index contributed by atoms with van der Waals surface area (Å²) in [6.07, 6.45) is 0.368. The van der Waals surface area contributed by atoms with Gasteiger partial charge in [0.2, 0.25) is 5.91 Å². The number of aromatic hydroxyl groups is 1. The molecule has 0 aliphatic carbocycles. The van der Waals surface area contributed by atoms with Crippen molar-refractivity contribution in [2.75, 3.05) is 5.32 Å². The summed E-state index contributed by atoms with van der Waals surface area (Å²) in [5.41, 5.74) is 7.96. The zero-order chi connectivity index (χ0) is 15.2. The number of nitrogens with one attached hydrogen (secondary N) is 1. The van der Waals surface area contributed by atoms with Crippen molar-refractivity contribution in [2.45, 2.75) is 19.1 Å². The molecule has 21 heavy (non-hydrogen) atoms. The zero-order valence-corrected chi connectivity index (χ0v) is 11.5. The van der Waals surface area contributed by atoms with Crippen LogP contribution in [0.2, 0.25) is 0 Å². The van der Waals surface area contributed by atoms with E-state index in [1.807, 2.05) is 0 Å². The van der Waals surface area contributed by atoms with Gasteiger partial charge in [0, 0.05) is 11.3 Å². The minimum atomic E-state index is -0.707. The Morgan fingerprint density at radius 1 is 1.14 bits per heavy atom. The Labute approximate surface area is 123 Å². The maximum absolute atomic E-state index is 12.1. The number of phenolic OH excluding ortho intramolecular Hbond substituents is 1. The normalized spacial score (nSPS) is 11.9. The van der Waals surface area contributed by atoms with Gasteiger partial charge in [0.15, 0.2) is 0 Å². The van der Waals surface area contributed by atoms with Crippen LogP contribution in [0.3, 0.4) is 0 Å². The molecule has 0 aliphatic heterocycles.